The van der Waals surface area contributed by atoms with E-state index in [-0.39, 0.29) is 29.9 Å². The summed E-state index contributed by atoms with van der Waals surface area (Å²) in [7, 11) is 0. The summed E-state index contributed by atoms with van der Waals surface area (Å²) in [6.45, 7) is 3.47. The maximum Gasteiger partial charge on any atom is 0.291 e. The molecule has 168 valence electrons. The number of nitrogens with one attached hydrogen (secondary N) is 2. The van der Waals surface area contributed by atoms with Crippen molar-refractivity contribution in [2.75, 3.05) is 26.3 Å². The first kappa shape index (κ1) is 21.9. The number of hydrogen-bond acceptors (Lipinski definition) is 6. The number of hydrogen-bond donors (Lipinski definition) is 3. The largest absolute Gasteiger partial charge is 0.494 e. The van der Waals surface area contributed by atoms with Crippen LogP contribution in [0.5, 0.6) is 5.88 Å². The van der Waals surface area contributed by atoms with Gasteiger partial charge in [0.2, 0.25) is 5.88 Å². The molecule has 1 aliphatic carbocycles. The number of carbonyl (C=O) groups excluding carboxylic acids is 1. The molecule has 3 aliphatic rings. The van der Waals surface area contributed by atoms with E-state index >= 15 is 0 Å². The molecule has 10 heteroatoms. The lowest BCUT2D eigenvalue weighted by Crippen LogP contribution is -2.35. The van der Waals surface area contributed by atoms with Crippen molar-refractivity contribution in [1.82, 2.24) is 24.8 Å². The van der Waals surface area contributed by atoms with Gasteiger partial charge in [0, 0.05) is 37.9 Å². The van der Waals surface area contributed by atoms with Crippen molar-refractivity contribution >= 4 is 29.5 Å². The highest BCUT2D eigenvalue weighted by atomic mass is 35.5. The third-order valence-electron chi connectivity index (χ3n) is 6.22. The smallest absolute Gasteiger partial charge is 0.291 e. The number of amides is 1. The topological polar surface area (TPSA) is 110 Å². The van der Waals surface area contributed by atoms with Crippen LogP contribution in [0.1, 0.15) is 48.0 Å². The Bertz CT molecular complexity index is 1070. The number of carbonyl (C=O) groups is 1. The molecular weight excluding hydrogens is 422 g/mol. The summed E-state index contributed by atoms with van der Waals surface area (Å²) in [5, 5.41) is 21.6. The van der Waals surface area contributed by atoms with Gasteiger partial charge in [-0.05, 0) is 50.1 Å². The van der Waals surface area contributed by atoms with Crippen LogP contribution in [0.2, 0.25) is 0 Å². The van der Waals surface area contributed by atoms with Gasteiger partial charge in [-0.15, -0.1) is 12.4 Å². The van der Waals surface area contributed by atoms with E-state index < -0.39 is 11.5 Å². The van der Waals surface area contributed by atoms with E-state index in [2.05, 4.69) is 21.8 Å². The Kier molecular flexibility index (Phi) is 6.36. The van der Waals surface area contributed by atoms with Gasteiger partial charge in [-0.25, -0.2) is 0 Å². The lowest BCUT2D eigenvalue weighted by Gasteiger charge is -2.25. The van der Waals surface area contributed by atoms with E-state index in [1.165, 1.54) is 4.52 Å². The van der Waals surface area contributed by atoms with Crippen molar-refractivity contribution in [3.8, 4) is 5.88 Å². The molecule has 31 heavy (non-hydrogen) atoms. The van der Waals surface area contributed by atoms with Gasteiger partial charge < -0.3 is 20.5 Å². The maximum atomic E-state index is 13.1. The summed E-state index contributed by atoms with van der Waals surface area (Å²) in [5.41, 5.74) is 1.68. The molecule has 0 aromatic carbocycles. The van der Waals surface area contributed by atoms with Crippen molar-refractivity contribution in [2.45, 2.75) is 44.7 Å². The molecular formula is C21H28ClN5O4. The summed E-state index contributed by atoms with van der Waals surface area (Å²) in [6.07, 6.45) is 8.13. The predicted molar refractivity (Wildman–Crippen MR) is 118 cm³/mol. The number of nitrogens with zero attached hydrogens (tertiary/aromatic N) is 3. The van der Waals surface area contributed by atoms with Gasteiger partial charge in [0.05, 0.1) is 6.20 Å². The van der Waals surface area contributed by atoms with Gasteiger partial charge in [-0.2, -0.15) is 9.61 Å². The molecule has 2 fully saturated rings. The van der Waals surface area contributed by atoms with Gasteiger partial charge in [0.1, 0.15) is 5.65 Å². The van der Waals surface area contributed by atoms with Gasteiger partial charge >= 0.3 is 0 Å². The van der Waals surface area contributed by atoms with Crippen LogP contribution in [-0.2, 0) is 11.3 Å². The minimum Gasteiger partial charge on any atom is -0.494 e. The lowest BCUT2D eigenvalue weighted by molar-refractivity contribution is 0.0607. The molecule has 0 spiro atoms. The zero-order valence-corrected chi connectivity index (χ0v) is 18.1. The zero-order valence-electron chi connectivity index (χ0n) is 17.3. The Balaban J connectivity index is 0.00000231. The standard InChI is InChI=1S/C21H27N5O4.ClH/c27-18(24-15-1-2-15)17-20(28)25(12-13-5-9-30-10-6-13)19-16(11-23-26(19)21(17)29)14-3-7-22-8-4-14;/h3,11,13,15,22,28H,1-2,4-10,12H2,(H,24,27);1H. The predicted octanol–water partition coefficient (Wildman–Crippen LogP) is 1.32. The summed E-state index contributed by atoms with van der Waals surface area (Å²) < 4.78 is 8.46. The SMILES string of the molecule is Cl.O=C(NC1CC1)c1c(O)n(CC2CCOCC2)c2c(C3=CCNCC3)cnn2c1=O. The molecule has 3 N–H and O–H groups in total. The van der Waals surface area contributed by atoms with Crippen molar-refractivity contribution in [2.24, 2.45) is 5.92 Å². The fourth-order valence-electron chi connectivity index (χ4n) is 4.32. The Morgan fingerprint density at radius 3 is 2.74 bits per heavy atom. The summed E-state index contributed by atoms with van der Waals surface area (Å²) in [6, 6.07) is 0.0871. The van der Waals surface area contributed by atoms with E-state index in [0.717, 1.165) is 56.3 Å². The first-order valence-electron chi connectivity index (χ1n) is 10.8. The molecule has 4 heterocycles. The van der Waals surface area contributed by atoms with Crippen LogP contribution in [0.15, 0.2) is 17.1 Å². The average Bonchev–Trinajstić information content (AvgIpc) is 3.46. The van der Waals surface area contributed by atoms with Crippen molar-refractivity contribution in [3.63, 3.8) is 0 Å². The molecule has 0 unspecified atom stereocenters. The summed E-state index contributed by atoms with van der Waals surface area (Å²) in [5.74, 6) is -0.505. The molecule has 0 radical (unpaired) electrons. The van der Waals surface area contributed by atoms with Crippen LogP contribution < -0.4 is 16.2 Å². The highest BCUT2D eigenvalue weighted by Gasteiger charge is 2.31. The van der Waals surface area contributed by atoms with Crippen LogP contribution in [-0.4, -0.2) is 57.5 Å². The number of fused-ring (bicyclic) bond motifs is 1. The molecule has 1 saturated heterocycles. The van der Waals surface area contributed by atoms with E-state index in [4.69, 9.17) is 4.74 Å². The third-order valence-corrected chi connectivity index (χ3v) is 6.22. The van der Waals surface area contributed by atoms with Crippen LogP contribution in [0, 0.1) is 5.92 Å². The Morgan fingerprint density at radius 2 is 2.06 bits per heavy atom. The normalized spacial score (nSPS) is 19.7. The molecule has 1 saturated carbocycles. The van der Waals surface area contributed by atoms with Gasteiger partial charge in [0.15, 0.2) is 5.56 Å². The Labute approximate surface area is 185 Å². The van der Waals surface area contributed by atoms with Crippen molar-refractivity contribution in [1.29, 1.82) is 0 Å². The number of aromatic hydroxyl groups is 1. The zero-order chi connectivity index (χ0) is 20.7. The third kappa shape index (κ3) is 4.22. The fraction of sp³-hybridized carbons (Fsp3) is 0.571. The molecule has 0 atom stereocenters. The minimum absolute atomic E-state index is 0. The highest BCUT2D eigenvalue weighted by Crippen LogP contribution is 2.30. The minimum atomic E-state index is -0.579. The monoisotopic (exact) mass is 449 g/mol. The molecule has 9 nitrogen and oxygen atoms in total. The van der Waals surface area contributed by atoms with E-state index in [1.807, 2.05) is 0 Å². The molecule has 2 aliphatic heterocycles. The second-order valence-electron chi connectivity index (χ2n) is 8.39. The molecule has 1 amide bonds. The van der Waals surface area contributed by atoms with Crippen LogP contribution in [0.3, 0.4) is 0 Å². The fourth-order valence-corrected chi connectivity index (χ4v) is 4.32. The average molecular weight is 450 g/mol. The second-order valence-corrected chi connectivity index (χ2v) is 8.39. The van der Waals surface area contributed by atoms with Crippen LogP contribution in [0.4, 0.5) is 0 Å². The van der Waals surface area contributed by atoms with E-state index in [0.29, 0.717) is 31.3 Å². The van der Waals surface area contributed by atoms with Gasteiger partial charge in [-0.1, -0.05) is 6.08 Å². The number of rotatable bonds is 5. The molecule has 0 bridgehead atoms. The first-order chi connectivity index (χ1) is 14.6. The Morgan fingerprint density at radius 1 is 1.29 bits per heavy atom. The van der Waals surface area contributed by atoms with Gasteiger partial charge in [0.25, 0.3) is 11.5 Å². The highest BCUT2D eigenvalue weighted by molar-refractivity contribution is 5.97. The van der Waals surface area contributed by atoms with Crippen LogP contribution in [0.25, 0.3) is 11.2 Å². The first-order valence-corrected chi connectivity index (χ1v) is 10.8. The number of aromatic nitrogens is 3. The summed E-state index contributed by atoms with van der Waals surface area (Å²) in [4.78, 5) is 25.9. The molecule has 2 aromatic heterocycles. The van der Waals surface area contributed by atoms with Gasteiger partial charge in [-0.3, -0.25) is 14.2 Å². The lowest BCUT2D eigenvalue weighted by atomic mass is 9.99. The van der Waals surface area contributed by atoms with Crippen molar-refractivity contribution < 1.29 is 14.6 Å². The maximum absolute atomic E-state index is 13.1. The summed E-state index contributed by atoms with van der Waals surface area (Å²) >= 11 is 0. The Hall–Kier alpha value is -2.36. The molecule has 5 rings (SSSR count). The quantitative estimate of drug-likeness (QED) is 0.635. The molecule has 2 aromatic rings. The van der Waals surface area contributed by atoms with E-state index in [1.54, 1.807) is 10.8 Å². The second kappa shape index (κ2) is 9.02. The van der Waals surface area contributed by atoms with E-state index in [9.17, 15) is 14.7 Å². The number of ether oxygens (including phenoxy) is 1. The van der Waals surface area contributed by atoms with Crippen molar-refractivity contribution in [3.05, 3.63) is 33.8 Å². The van der Waals surface area contributed by atoms with Crippen LogP contribution >= 0.6 is 12.4 Å². The number of halogens is 1.